The van der Waals surface area contributed by atoms with Crippen LogP contribution in [0.15, 0.2) is 42.7 Å². The molecule has 1 aromatic carbocycles. The van der Waals surface area contributed by atoms with Crippen molar-refractivity contribution in [2.45, 2.75) is 6.23 Å². The molecule has 1 aromatic heterocycles. The average Bonchev–Trinajstić information content (AvgIpc) is 3.00. The fourth-order valence-electron chi connectivity index (χ4n) is 1.54. The molecular weight excluding hydrogens is 162 g/mol. The summed E-state index contributed by atoms with van der Waals surface area (Å²) in [6.45, 7) is 0.850. The molecule has 2 heterocycles. The third-order valence-electron chi connectivity index (χ3n) is 2.36. The minimum atomic E-state index is 0.282. The van der Waals surface area contributed by atoms with E-state index in [4.69, 9.17) is 4.74 Å². The summed E-state index contributed by atoms with van der Waals surface area (Å²) >= 11 is 0. The van der Waals surface area contributed by atoms with Crippen molar-refractivity contribution in [2.75, 3.05) is 6.61 Å². The van der Waals surface area contributed by atoms with Crippen molar-refractivity contribution in [3.63, 3.8) is 0 Å². The molecule has 2 nitrogen and oxygen atoms in total. The molecule has 0 bridgehead atoms. The summed E-state index contributed by atoms with van der Waals surface area (Å²) in [5.74, 6) is 0. The van der Waals surface area contributed by atoms with Gasteiger partial charge in [0.15, 0.2) is 12.4 Å². The first kappa shape index (κ1) is 7.04. The van der Waals surface area contributed by atoms with Gasteiger partial charge in [-0.1, -0.05) is 18.2 Å². The molecule has 0 amide bonds. The molecule has 1 aliphatic rings. The Bertz CT molecular complexity index is 449. The molecule has 64 valence electrons. The summed E-state index contributed by atoms with van der Waals surface area (Å²) in [6.07, 6.45) is 4.48. The van der Waals surface area contributed by atoms with E-state index in [9.17, 15) is 0 Å². The van der Waals surface area contributed by atoms with E-state index in [2.05, 4.69) is 47.3 Å². The van der Waals surface area contributed by atoms with Crippen LogP contribution < -0.4 is 4.57 Å². The van der Waals surface area contributed by atoms with E-state index in [1.165, 1.54) is 10.8 Å². The van der Waals surface area contributed by atoms with Gasteiger partial charge < -0.3 is 4.74 Å². The zero-order chi connectivity index (χ0) is 8.67. The fourth-order valence-corrected chi connectivity index (χ4v) is 1.54. The SMILES string of the molecule is c1ccc2c[n+](C3CO3)ccc2c1. The maximum atomic E-state index is 5.21. The molecule has 0 spiro atoms. The van der Waals surface area contributed by atoms with Gasteiger partial charge in [0.2, 0.25) is 0 Å². The second kappa shape index (κ2) is 2.54. The average molecular weight is 172 g/mol. The van der Waals surface area contributed by atoms with E-state index >= 15 is 0 Å². The lowest BCUT2D eigenvalue weighted by Crippen LogP contribution is -2.31. The van der Waals surface area contributed by atoms with Crippen LogP contribution in [0.2, 0.25) is 0 Å². The first-order valence-corrected chi connectivity index (χ1v) is 4.45. The molecule has 1 aliphatic heterocycles. The van der Waals surface area contributed by atoms with Gasteiger partial charge in [-0.2, -0.15) is 4.57 Å². The predicted octanol–water partition coefficient (Wildman–Crippen LogP) is 1.66. The maximum absolute atomic E-state index is 5.21. The zero-order valence-electron chi connectivity index (χ0n) is 7.18. The second-order valence-corrected chi connectivity index (χ2v) is 3.31. The normalized spacial score (nSPS) is 20.5. The molecule has 0 N–H and O–H groups in total. The number of nitrogens with zero attached hydrogens (tertiary/aromatic N) is 1. The highest BCUT2D eigenvalue weighted by atomic mass is 16.6. The van der Waals surface area contributed by atoms with Crippen molar-refractivity contribution in [2.24, 2.45) is 0 Å². The van der Waals surface area contributed by atoms with Gasteiger partial charge >= 0.3 is 0 Å². The molecule has 0 radical (unpaired) electrons. The van der Waals surface area contributed by atoms with E-state index in [1.807, 2.05) is 0 Å². The highest BCUT2D eigenvalue weighted by Crippen LogP contribution is 2.17. The third-order valence-corrected chi connectivity index (χ3v) is 2.36. The van der Waals surface area contributed by atoms with E-state index in [-0.39, 0.29) is 6.23 Å². The number of hydrogen-bond acceptors (Lipinski definition) is 1. The van der Waals surface area contributed by atoms with E-state index in [0.29, 0.717) is 0 Å². The first-order chi connectivity index (χ1) is 6.43. The number of fused-ring (bicyclic) bond motifs is 1. The van der Waals surface area contributed by atoms with Gasteiger partial charge in [0.05, 0.1) is 0 Å². The monoisotopic (exact) mass is 172 g/mol. The predicted molar refractivity (Wildman–Crippen MR) is 49.1 cm³/mol. The van der Waals surface area contributed by atoms with E-state index < -0.39 is 0 Å². The van der Waals surface area contributed by atoms with Crippen LogP contribution in [0.3, 0.4) is 0 Å². The van der Waals surface area contributed by atoms with Crippen molar-refractivity contribution in [3.05, 3.63) is 42.7 Å². The van der Waals surface area contributed by atoms with Crippen molar-refractivity contribution >= 4 is 10.8 Å². The van der Waals surface area contributed by atoms with Crippen LogP contribution in [-0.2, 0) is 4.74 Å². The Morgan fingerprint density at radius 1 is 1.15 bits per heavy atom. The number of aromatic nitrogens is 1. The first-order valence-electron chi connectivity index (χ1n) is 4.45. The van der Waals surface area contributed by atoms with Crippen molar-refractivity contribution in [1.29, 1.82) is 0 Å². The highest BCUT2D eigenvalue weighted by molar-refractivity contribution is 5.80. The van der Waals surface area contributed by atoms with Gasteiger partial charge in [-0.15, -0.1) is 0 Å². The Hall–Kier alpha value is -1.41. The summed E-state index contributed by atoms with van der Waals surface area (Å²) in [5, 5.41) is 2.54. The van der Waals surface area contributed by atoms with E-state index in [0.717, 1.165) is 6.61 Å². The lowest BCUT2D eigenvalue weighted by molar-refractivity contribution is -0.715. The number of epoxide rings is 1. The van der Waals surface area contributed by atoms with Gasteiger partial charge in [0, 0.05) is 11.5 Å². The Morgan fingerprint density at radius 3 is 2.69 bits per heavy atom. The molecule has 0 saturated carbocycles. The number of hydrogen-bond donors (Lipinski definition) is 0. The van der Waals surface area contributed by atoms with Crippen LogP contribution in [-0.4, -0.2) is 6.61 Å². The van der Waals surface area contributed by atoms with Crippen LogP contribution in [0, 0.1) is 0 Å². The highest BCUT2D eigenvalue weighted by Gasteiger charge is 2.32. The topological polar surface area (TPSA) is 16.4 Å². The molecule has 1 fully saturated rings. The minimum Gasteiger partial charge on any atom is -0.309 e. The largest absolute Gasteiger partial charge is 0.309 e. The van der Waals surface area contributed by atoms with Gasteiger partial charge in [0.1, 0.15) is 6.61 Å². The third kappa shape index (κ3) is 1.19. The molecule has 2 aromatic rings. The second-order valence-electron chi connectivity index (χ2n) is 3.31. The van der Waals surface area contributed by atoms with Crippen LogP contribution in [0.1, 0.15) is 6.23 Å². The standard InChI is InChI=1S/C11H10NO/c1-2-4-10-7-12(11-8-13-11)6-5-9(10)3-1/h1-7,11H,8H2/q+1. The van der Waals surface area contributed by atoms with Crippen molar-refractivity contribution in [3.8, 4) is 0 Å². The molecular formula is C11H10NO+. The molecule has 13 heavy (non-hydrogen) atoms. The molecule has 2 heteroatoms. The minimum absolute atomic E-state index is 0.282. The Balaban J connectivity index is 2.21. The molecule has 1 atom stereocenters. The van der Waals surface area contributed by atoms with Gasteiger partial charge in [-0.25, -0.2) is 0 Å². The van der Waals surface area contributed by atoms with Crippen molar-refractivity contribution in [1.82, 2.24) is 0 Å². The fraction of sp³-hybridized carbons (Fsp3) is 0.182. The number of ether oxygens (including phenoxy) is 1. The van der Waals surface area contributed by atoms with Gasteiger partial charge in [-0.3, -0.25) is 0 Å². The summed E-state index contributed by atoms with van der Waals surface area (Å²) in [6, 6.07) is 10.5. The van der Waals surface area contributed by atoms with Crippen LogP contribution in [0.25, 0.3) is 10.8 Å². The summed E-state index contributed by atoms with van der Waals surface area (Å²) < 4.78 is 7.32. The number of pyridine rings is 1. The number of rotatable bonds is 1. The zero-order valence-corrected chi connectivity index (χ0v) is 7.18. The smallest absolute Gasteiger partial charge is 0.286 e. The summed E-state index contributed by atoms with van der Waals surface area (Å²) in [7, 11) is 0. The van der Waals surface area contributed by atoms with Crippen molar-refractivity contribution < 1.29 is 9.30 Å². The quantitative estimate of drug-likeness (QED) is 0.472. The maximum Gasteiger partial charge on any atom is 0.286 e. The van der Waals surface area contributed by atoms with Crippen LogP contribution in [0.5, 0.6) is 0 Å². The van der Waals surface area contributed by atoms with Gasteiger partial charge in [-0.05, 0) is 11.5 Å². The summed E-state index contributed by atoms with van der Waals surface area (Å²) in [5.41, 5.74) is 0. The molecule has 3 rings (SSSR count). The van der Waals surface area contributed by atoms with Crippen LogP contribution >= 0.6 is 0 Å². The lowest BCUT2D eigenvalue weighted by atomic mass is 10.2. The van der Waals surface area contributed by atoms with Crippen LogP contribution in [0.4, 0.5) is 0 Å². The van der Waals surface area contributed by atoms with Gasteiger partial charge in [0.25, 0.3) is 6.23 Å². The Morgan fingerprint density at radius 2 is 1.92 bits per heavy atom. The Kier molecular flexibility index (Phi) is 1.37. The lowest BCUT2D eigenvalue weighted by Gasteiger charge is -1.94. The molecule has 0 aliphatic carbocycles. The number of benzene rings is 1. The molecule has 1 unspecified atom stereocenters. The summed E-state index contributed by atoms with van der Waals surface area (Å²) in [4.78, 5) is 0. The van der Waals surface area contributed by atoms with E-state index in [1.54, 1.807) is 0 Å². The molecule has 1 saturated heterocycles. The Labute approximate surface area is 76.4 Å².